The normalized spacial score (nSPS) is 11.9. The Morgan fingerprint density at radius 3 is 2.61 bits per heavy atom. The maximum atomic E-state index is 12.2. The fraction of sp³-hybridized carbons (Fsp3) is 0.692. The van der Waals surface area contributed by atoms with E-state index < -0.39 is 5.60 Å². The second-order valence-corrected chi connectivity index (χ2v) is 5.77. The number of aliphatic hydroxyl groups is 1. The van der Waals surface area contributed by atoms with Gasteiger partial charge in [-0.3, -0.25) is 4.79 Å². The highest BCUT2D eigenvalue weighted by Crippen LogP contribution is 2.08. The quantitative estimate of drug-likeness (QED) is 0.854. The topological polar surface area (TPSA) is 58.4 Å². The molecule has 1 aromatic rings. The zero-order chi connectivity index (χ0) is 13.9. The van der Waals surface area contributed by atoms with Crippen molar-refractivity contribution in [1.29, 1.82) is 0 Å². The van der Waals surface area contributed by atoms with Gasteiger partial charge in [0.2, 0.25) is 0 Å². The van der Waals surface area contributed by atoms with Crippen LogP contribution >= 0.6 is 0 Å². The van der Waals surface area contributed by atoms with Crippen LogP contribution in [0.5, 0.6) is 0 Å². The van der Waals surface area contributed by atoms with Crippen LogP contribution in [-0.2, 0) is 6.54 Å². The molecule has 1 aromatic heterocycles. The molecule has 0 aliphatic heterocycles. The number of anilines is 1. The monoisotopic (exact) mass is 253 g/mol. The van der Waals surface area contributed by atoms with Gasteiger partial charge in [-0.25, -0.2) is 4.98 Å². The summed E-state index contributed by atoms with van der Waals surface area (Å²) < 4.78 is 1.66. The molecule has 0 amide bonds. The lowest BCUT2D eigenvalue weighted by molar-refractivity contribution is 0.0884. The molecule has 0 aliphatic rings. The van der Waals surface area contributed by atoms with Crippen molar-refractivity contribution in [1.82, 2.24) is 9.55 Å². The van der Waals surface area contributed by atoms with Crippen LogP contribution in [0.15, 0.2) is 17.2 Å². The lowest BCUT2D eigenvalue weighted by Gasteiger charge is -2.26. The molecular formula is C13H23N3O2. The summed E-state index contributed by atoms with van der Waals surface area (Å²) >= 11 is 0. The highest BCUT2D eigenvalue weighted by molar-refractivity contribution is 5.34. The van der Waals surface area contributed by atoms with E-state index >= 15 is 0 Å². The summed E-state index contributed by atoms with van der Waals surface area (Å²) in [5.41, 5.74) is -0.973. The van der Waals surface area contributed by atoms with Gasteiger partial charge in [-0.15, -0.1) is 0 Å². The van der Waals surface area contributed by atoms with E-state index in [0.717, 1.165) is 0 Å². The van der Waals surface area contributed by atoms with Gasteiger partial charge in [0.1, 0.15) is 0 Å². The molecule has 0 aliphatic carbocycles. The van der Waals surface area contributed by atoms with E-state index in [1.807, 2.05) is 0 Å². The van der Waals surface area contributed by atoms with E-state index in [-0.39, 0.29) is 5.56 Å². The van der Waals surface area contributed by atoms with Gasteiger partial charge in [0, 0.05) is 32.5 Å². The smallest absolute Gasteiger partial charge is 0.293 e. The minimum atomic E-state index is -0.860. The maximum Gasteiger partial charge on any atom is 0.293 e. The Morgan fingerprint density at radius 2 is 2.11 bits per heavy atom. The number of nitrogens with zero attached hydrogens (tertiary/aromatic N) is 3. The molecule has 0 unspecified atom stereocenters. The molecule has 0 atom stereocenters. The number of rotatable bonds is 5. The lowest BCUT2D eigenvalue weighted by atomic mass is 10.1. The van der Waals surface area contributed by atoms with Gasteiger partial charge in [0.15, 0.2) is 5.82 Å². The van der Waals surface area contributed by atoms with Crippen molar-refractivity contribution in [3.8, 4) is 0 Å². The number of hydrogen-bond acceptors (Lipinski definition) is 4. The molecule has 0 spiro atoms. The van der Waals surface area contributed by atoms with E-state index in [0.29, 0.717) is 24.8 Å². The summed E-state index contributed by atoms with van der Waals surface area (Å²) in [5.74, 6) is 0.776. The molecule has 1 N–H and O–H groups in total. The highest BCUT2D eigenvalue weighted by Gasteiger charge is 2.19. The third-order valence-corrected chi connectivity index (χ3v) is 2.44. The highest BCUT2D eigenvalue weighted by atomic mass is 16.3. The Labute approximate surface area is 108 Å². The van der Waals surface area contributed by atoms with Crippen molar-refractivity contribution in [3.63, 3.8) is 0 Å². The Kier molecular flexibility index (Phi) is 4.51. The zero-order valence-corrected chi connectivity index (χ0v) is 11.8. The van der Waals surface area contributed by atoms with Crippen molar-refractivity contribution in [2.24, 2.45) is 5.92 Å². The van der Waals surface area contributed by atoms with Crippen LogP contribution in [-0.4, -0.2) is 33.9 Å². The number of aromatic nitrogens is 2. The summed E-state index contributed by atoms with van der Waals surface area (Å²) in [6.07, 6.45) is 3.32. The van der Waals surface area contributed by atoms with Crippen molar-refractivity contribution >= 4 is 5.82 Å². The molecule has 102 valence electrons. The van der Waals surface area contributed by atoms with E-state index in [9.17, 15) is 9.90 Å². The third-order valence-electron chi connectivity index (χ3n) is 2.44. The molecule has 0 aromatic carbocycles. The molecule has 5 nitrogen and oxygen atoms in total. The van der Waals surface area contributed by atoms with E-state index in [2.05, 4.69) is 18.8 Å². The average molecular weight is 253 g/mol. The first-order valence-corrected chi connectivity index (χ1v) is 6.19. The minimum Gasteiger partial charge on any atom is -0.389 e. The van der Waals surface area contributed by atoms with Gasteiger partial charge in [-0.1, -0.05) is 13.8 Å². The van der Waals surface area contributed by atoms with Gasteiger partial charge >= 0.3 is 0 Å². The Balaban J connectivity index is 3.00. The van der Waals surface area contributed by atoms with Gasteiger partial charge in [0.05, 0.1) is 5.60 Å². The largest absolute Gasteiger partial charge is 0.389 e. The van der Waals surface area contributed by atoms with Crippen LogP contribution < -0.4 is 10.5 Å². The fourth-order valence-electron chi connectivity index (χ4n) is 1.89. The first kappa shape index (κ1) is 14.7. The van der Waals surface area contributed by atoms with E-state index in [4.69, 9.17) is 0 Å². The molecule has 18 heavy (non-hydrogen) atoms. The Hall–Kier alpha value is -1.36. The Bertz CT molecular complexity index is 446. The molecular weight excluding hydrogens is 230 g/mol. The van der Waals surface area contributed by atoms with Crippen molar-refractivity contribution < 1.29 is 5.11 Å². The number of likely N-dealkylation sites (N-methyl/N-ethyl adjacent to an activating group) is 1. The van der Waals surface area contributed by atoms with Crippen LogP contribution in [0.2, 0.25) is 0 Å². The van der Waals surface area contributed by atoms with Crippen molar-refractivity contribution in [2.45, 2.75) is 39.8 Å². The first-order chi connectivity index (χ1) is 8.20. The van der Waals surface area contributed by atoms with Gasteiger partial charge in [-0.05, 0) is 19.8 Å². The third kappa shape index (κ3) is 4.14. The van der Waals surface area contributed by atoms with Crippen molar-refractivity contribution in [3.05, 3.63) is 22.7 Å². The molecule has 0 saturated carbocycles. The standard InChI is InChI=1S/C13H23N3O2/c1-10(2)8-16-7-6-14-11(12(16)17)15(5)9-13(3,4)18/h6-7,10,18H,8-9H2,1-5H3. The summed E-state index contributed by atoms with van der Waals surface area (Å²) in [5, 5.41) is 9.78. The molecule has 0 fully saturated rings. The van der Waals surface area contributed by atoms with Crippen molar-refractivity contribution in [2.75, 3.05) is 18.5 Å². The zero-order valence-electron chi connectivity index (χ0n) is 11.8. The summed E-state index contributed by atoms with van der Waals surface area (Å²) in [6.45, 7) is 8.57. The van der Waals surface area contributed by atoms with Gasteiger partial charge < -0.3 is 14.6 Å². The Morgan fingerprint density at radius 1 is 1.50 bits per heavy atom. The SMILES string of the molecule is CC(C)Cn1ccnc(N(C)CC(C)(C)O)c1=O. The average Bonchev–Trinajstić information content (AvgIpc) is 2.17. The summed E-state index contributed by atoms with van der Waals surface area (Å²) in [7, 11) is 1.77. The minimum absolute atomic E-state index is 0.113. The molecule has 1 heterocycles. The molecule has 0 radical (unpaired) electrons. The molecule has 5 heteroatoms. The maximum absolute atomic E-state index is 12.2. The van der Waals surface area contributed by atoms with Gasteiger partial charge in [-0.2, -0.15) is 0 Å². The second-order valence-electron chi connectivity index (χ2n) is 5.77. The van der Waals surface area contributed by atoms with E-state index in [1.54, 1.807) is 42.8 Å². The second kappa shape index (κ2) is 5.52. The van der Waals surface area contributed by atoms with Crippen LogP contribution in [0.4, 0.5) is 5.82 Å². The predicted molar refractivity (Wildman–Crippen MR) is 72.9 cm³/mol. The lowest BCUT2D eigenvalue weighted by Crippen LogP contribution is -2.40. The van der Waals surface area contributed by atoms with E-state index in [1.165, 1.54) is 0 Å². The molecule has 1 rings (SSSR count). The predicted octanol–water partition coefficient (Wildman–Crippen LogP) is 1.11. The summed E-state index contributed by atoms with van der Waals surface area (Å²) in [6, 6.07) is 0. The molecule has 0 bridgehead atoms. The fourth-order valence-corrected chi connectivity index (χ4v) is 1.89. The molecule has 0 saturated heterocycles. The van der Waals surface area contributed by atoms with Gasteiger partial charge in [0.25, 0.3) is 5.56 Å². The summed E-state index contributed by atoms with van der Waals surface area (Å²) in [4.78, 5) is 18.0. The first-order valence-electron chi connectivity index (χ1n) is 6.19. The van der Waals surface area contributed by atoms with Crippen LogP contribution in [0, 0.1) is 5.92 Å². The van der Waals surface area contributed by atoms with Crippen LogP contribution in [0.3, 0.4) is 0 Å². The van der Waals surface area contributed by atoms with Crippen LogP contribution in [0.1, 0.15) is 27.7 Å². The number of hydrogen-bond donors (Lipinski definition) is 1. The van der Waals surface area contributed by atoms with Crippen LogP contribution in [0.25, 0.3) is 0 Å².